The van der Waals surface area contributed by atoms with Gasteiger partial charge in [-0.3, -0.25) is 4.90 Å². The second kappa shape index (κ2) is 3.91. The van der Waals surface area contributed by atoms with Gasteiger partial charge in [-0.15, -0.1) is 0 Å². The molecule has 0 saturated carbocycles. The molecule has 0 spiro atoms. The second-order valence-electron chi connectivity index (χ2n) is 3.18. The minimum absolute atomic E-state index is 0.140. The lowest BCUT2D eigenvalue weighted by atomic mass is 10.1. The van der Waals surface area contributed by atoms with E-state index >= 15 is 0 Å². The van der Waals surface area contributed by atoms with E-state index in [2.05, 4.69) is 0 Å². The van der Waals surface area contributed by atoms with Crippen LogP contribution in [0.4, 0.5) is 0 Å². The summed E-state index contributed by atoms with van der Waals surface area (Å²) in [5, 5.41) is 8.91. The standard InChI is InChI=1S/C7H18N2O/c1-7(2,6-10)9(3)5-4-8/h10H,4-6,8H2,1-3H3. The third-order valence-corrected chi connectivity index (χ3v) is 1.88. The molecule has 0 aromatic carbocycles. The van der Waals surface area contributed by atoms with Gasteiger partial charge in [0.2, 0.25) is 0 Å². The molecule has 0 radical (unpaired) electrons. The van der Waals surface area contributed by atoms with E-state index in [1.807, 2.05) is 25.8 Å². The predicted molar refractivity (Wildman–Crippen MR) is 42.8 cm³/mol. The van der Waals surface area contributed by atoms with Gasteiger partial charge < -0.3 is 10.8 Å². The summed E-state index contributed by atoms with van der Waals surface area (Å²) in [6, 6.07) is 0. The molecule has 10 heavy (non-hydrogen) atoms. The zero-order valence-electron chi connectivity index (χ0n) is 7.09. The first-order chi connectivity index (χ1) is 4.54. The van der Waals surface area contributed by atoms with Crippen LogP contribution in [0.2, 0.25) is 0 Å². The smallest absolute Gasteiger partial charge is 0.0609 e. The average Bonchev–Trinajstić information content (AvgIpc) is 1.89. The zero-order chi connectivity index (χ0) is 8.20. The Balaban J connectivity index is 3.78. The first-order valence-electron chi connectivity index (χ1n) is 3.57. The van der Waals surface area contributed by atoms with Crippen molar-refractivity contribution >= 4 is 0 Å². The molecule has 3 nitrogen and oxygen atoms in total. The van der Waals surface area contributed by atoms with Crippen LogP contribution in [0.25, 0.3) is 0 Å². The van der Waals surface area contributed by atoms with Crippen molar-refractivity contribution < 1.29 is 5.11 Å². The van der Waals surface area contributed by atoms with Gasteiger partial charge in [-0.25, -0.2) is 0 Å². The minimum atomic E-state index is -0.140. The molecule has 0 aliphatic carbocycles. The van der Waals surface area contributed by atoms with Gasteiger partial charge in [0.05, 0.1) is 6.61 Å². The maximum Gasteiger partial charge on any atom is 0.0609 e. The normalized spacial score (nSPS) is 12.6. The number of likely N-dealkylation sites (N-methyl/N-ethyl adjacent to an activating group) is 1. The van der Waals surface area contributed by atoms with Crippen LogP contribution in [0.1, 0.15) is 13.8 Å². The van der Waals surface area contributed by atoms with E-state index in [0.29, 0.717) is 6.54 Å². The summed E-state index contributed by atoms with van der Waals surface area (Å²) in [5.74, 6) is 0. The van der Waals surface area contributed by atoms with Crippen LogP contribution in [0.3, 0.4) is 0 Å². The summed E-state index contributed by atoms with van der Waals surface area (Å²) < 4.78 is 0. The third kappa shape index (κ3) is 2.64. The molecule has 0 bridgehead atoms. The van der Waals surface area contributed by atoms with E-state index in [-0.39, 0.29) is 12.1 Å². The molecule has 3 heteroatoms. The van der Waals surface area contributed by atoms with E-state index in [4.69, 9.17) is 10.8 Å². The molecule has 0 aliphatic heterocycles. The minimum Gasteiger partial charge on any atom is -0.394 e. The van der Waals surface area contributed by atoms with Crippen molar-refractivity contribution in [2.75, 3.05) is 26.7 Å². The molecule has 0 fully saturated rings. The summed E-state index contributed by atoms with van der Waals surface area (Å²) in [6.07, 6.45) is 0. The number of hydrogen-bond acceptors (Lipinski definition) is 3. The average molecular weight is 146 g/mol. The van der Waals surface area contributed by atoms with E-state index in [9.17, 15) is 0 Å². The van der Waals surface area contributed by atoms with Gasteiger partial charge in [0, 0.05) is 18.6 Å². The molecule has 0 atom stereocenters. The van der Waals surface area contributed by atoms with Crippen LogP contribution < -0.4 is 5.73 Å². The third-order valence-electron chi connectivity index (χ3n) is 1.88. The first-order valence-corrected chi connectivity index (χ1v) is 3.57. The van der Waals surface area contributed by atoms with E-state index in [0.717, 1.165) is 6.54 Å². The zero-order valence-corrected chi connectivity index (χ0v) is 7.09. The summed E-state index contributed by atoms with van der Waals surface area (Å²) in [6.45, 7) is 5.61. The molecule has 3 N–H and O–H groups in total. The molecule has 0 heterocycles. The van der Waals surface area contributed by atoms with Gasteiger partial charge in [-0.2, -0.15) is 0 Å². The van der Waals surface area contributed by atoms with Gasteiger partial charge in [-0.05, 0) is 20.9 Å². The monoisotopic (exact) mass is 146 g/mol. The number of nitrogens with zero attached hydrogens (tertiary/aromatic N) is 1. The highest BCUT2D eigenvalue weighted by atomic mass is 16.3. The molecule has 0 unspecified atom stereocenters. The highest BCUT2D eigenvalue weighted by Crippen LogP contribution is 2.08. The van der Waals surface area contributed by atoms with Crippen molar-refractivity contribution in [3.8, 4) is 0 Å². The molecule has 0 aromatic rings. The lowest BCUT2D eigenvalue weighted by Crippen LogP contribution is -2.46. The molecule has 0 aliphatic rings. The summed E-state index contributed by atoms with van der Waals surface area (Å²) >= 11 is 0. The fourth-order valence-electron chi connectivity index (χ4n) is 0.617. The Bertz CT molecular complexity index is 93.6. The Morgan fingerprint density at radius 1 is 1.50 bits per heavy atom. The Kier molecular flexibility index (Phi) is 3.86. The van der Waals surface area contributed by atoms with Crippen LogP contribution >= 0.6 is 0 Å². The Morgan fingerprint density at radius 2 is 2.00 bits per heavy atom. The quantitative estimate of drug-likeness (QED) is 0.570. The second-order valence-corrected chi connectivity index (χ2v) is 3.18. The number of nitrogens with two attached hydrogens (primary N) is 1. The largest absolute Gasteiger partial charge is 0.394 e. The van der Waals surface area contributed by atoms with Crippen LogP contribution in [-0.2, 0) is 0 Å². The molecule has 0 aromatic heterocycles. The summed E-state index contributed by atoms with van der Waals surface area (Å²) in [5.41, 5.74) is 5.22. The number of hydrogen-bond donors (Lipinski definition) is 2. The Hall–Kier alpha value is -0.120. The molecule has 0 saturated heterocycles. The van der Waals surface area contributed by atoms with Crippen molar-refractivity contribution in [2.24, 2.45) is 5.73 Å². The lowest BCUT2D eigenvalue weighted by Gasteiger charge is -2.33. The van der Waals surface area contributed by atoms with Crippen LogP contribution in [-0.4, -0.2) is 42.3 Å². The van der Waals surface area contributed by atoms with E-state index < -0.39 is 0 Å². The van der Waals surface area contributed by atoms with Gasteiger partial charge in [0.1, 0.15) is 0 Å². The van der Waals surface area contributed by atoms with Crippen molar-refractivity contribution in [1.82, 2.24) is 4.90 Å². The summed E-state index contributed by atoms with van der Waals surface area (Å²) in [4.78, 5) is 2.05. The van der Waals surface area contributed by atoms with Gasteiger partial charge in [0.25, 0.3) is 0 Å². The highest BCUT2D eigenvalue weighted by molar-refractivity contribution is 4.77. The van der Waals surface area contributed by atoms with Crippen LogP contribution in [0, 0.1) is 0 Å². The lowest BCUT2D eigenvalue weighted by molar-refractivity contribution is 0.0817. The SMILES string of the molecule is CN(CCN)C(C)(C)CO. The maximum absolute atomic E-state index is 8.91. The highest BCUT2D eigenvalue weighted by Gasteiger charge is 2.20. The predicted octanol–water partition coefficient (Wildman–Crippen LogP) is -0.352. The number of aliphatic hydroxyl groups excluding tert-OH is 1. The van der Waals surface area contributed by atoms with Gasteiger partial charge in [0.15, 0.2) is 0 Å². The molecule has 0 amide bonds. The van der Waals surface area contributed by atoms with Crippen molar-refractivity contribution in [2.45, 2.75) is 19.4 Å². The van der Waals surface area contributed by atoms with Crippen LogP contribution in [0.5, 0.6) is 0 Å². The first kappa shape index (κ1) is 9.88. The maximum atomic E-state index is 8.91. The molecular formula is C7H18N2O. The number of rotatable bonds is 4. The van der Waals surface area contributed by atoms with E-state index in [1.165, 1.54) is 0 Å². The molecule has 0 rings (SSSR count). The van der Waals surface area contributed by atoms with Crippen molar-refractivity contribution in [1.29, 1.82) is 0 Å². The fourth-order valence-corrected chi connectivity index (χ4v) is 0.617. The Morgan fingerprint density at radius 3 is 2.30 bits per heavy atom. The fraction of sp³-hybridized carbons (Fsp3) is 1.00. The Labute approximate surface area is 62.8 Å². The molecular weight excluding hydrogens is 128 g/mol. The van der Waals surface area contributed by atoms with Gasteiger partial charge >= 0.3 is 0 Å². The topological polar surface area (TPSA) is 49.5 Å². The van der Waals surface area contributed by atoms with E-state index in [1.54, 1.807) is 0 Å². The van der Waals surface area contributed by atoms with Crippen molar-refractivity contribution in [3.63, 3.8) is 0 Å². The van der Waals surface area contributed by atoms with Gasteiger partial charge in [-0.1, -0.05) is 0 Å². The number of aliphatic hydroxyl groups is 1. The van der Waals surface area contributed by atoms with Crippen LogP contribution in [0.15, 0.2) is 0 Å². The molecule has 62 valence electrons. The summed E-state index contributed by atoms with van der Waals surface area (Å²) in [7, 11) is 1.96. The van der Waals surface area contributed by atoms with Crippen molar-refractivity contribution in [3.05, 3.63) is 0 Å².